The van der Waals surface area contributed by atoms with Crippen LogP contribution in [-0.4, -0.2) is 62.6 Å². The number of sulfonamides is 1. The highest BCUT2D eigenvalue weighted by Gasteiger charge is 2.32. The molecule has 2 unspecified atom stereocenters. The van der Waals surface area contributed by atoms with Gasteiger partial charge in [0.1, 0.15) is 17.3 Å². The van der Waals surface area contributed by atoms with Crippen LogP contribution in [0.25, 0.3) is 17.2 Å². The first-order valence-electron chi connectivity index (χ1n) is 10.9. The number of hydrogen-bond acceptors (Lipinski definition) is 10. The highest BCUT2D eigenvalue weighted by atomic mass is 32.2. The van der Waals surface area contributed by atoms with Crippen LogP contribution >= 0.6 is 0 Å². The summed E-state index contributed by atoms with van der Waals surface area (Å²) in [7, 11) is -1.36. The molecule has 0 saturated heterocycles. The zero-order valence-electron chi connectivity index (χ0n) is 20.2. The Kier molecular flexibility index (Phi) is 7.15. The van der Waals surface area contributed by atoms with E-state index in [0.717, 1.165) is 12.4 Å². The first-order chi connectivity index (χ1) is 17.7. The molecule has 13 nitrogen and oxygen atoms in total. The summed E-state index contributed by atoms with van der Waals surface area (Å²) in [6.07, 6.45) is 3.31. The van der Waals surface area contributed by atoms with E-state index >= 15 is 0 Å². The van der Waals surface area contributed by atoms with Crippen molar-refractivity contribution in [1.82, 2.24) is 34.7 Å². The number of nitrogens with one attached hydrogen (secondary N) is 2. The second kappa shape index (κ2) is 10.3. The van der Waals surface area contributed by atoms with E-state index in [9.17, 15) is 17.6 Å². The molecule has 194 valence electrons. The Hall–Kier alpha value is -4.40. The summed E-state index contributed by atoms with van der Waals surface area (Å²) in [6.45, 7) is 3.04. The predicted octanol–water partition coefficient (Wildman–Crippen LogP) is 1.90. The molecule has 0 aliphatic rings. The van der Waals surface area contributed by atoms with Gasteiger partial charge < -0.3 is 14.5 Å². The molecule has 0 radical (unpaired) electrons. The van der Waals surface area contributed by atoms with Gasteiger partial charge in [-0.05, 0) is 19.1 Å². The maximum Gasteiger partial charge on any atom is 0.276 e. The summed E-state index contributed by atoms with van der Waals surface area (Å²) in [5.74, 6) is -1.05. The maximum absolute atomic E-state index is 13.4. The van der Waals surface area contributed by atoms with Crippen LogP contribution in [0, 0.1) is 5.82 Å². The topological polar surface area (TPSA) is 167 Å². The largest absolute Gasteiger partial charge is 0.494 e. The predicted molar refractivity (Wildman–Crippen MR) is 131 cm³/mol. The highest BCUT2D eigenvalue weighted by molar-refractivity contribution is 7.93. The standard InChI is InChI=1S/C22H23FN8O5S/c1-12(19-25-10-14(23)11-26-19)13(2)37(33,34)30-22-29-28-20(15-6-5-7-17(27-15)36-4)31(22)18-16(35-3)8-9-24-21(18)32/h5-13H,1-4H3,(H,24,32)(H,29,30). The van der Waals surface area contributed by atoms with Crippen LogP contribution in [0.15, 0.2) is 47.7 Å². The fourth-order valence-corrected chi connectivity index (χ4v) is 4.70. The van der Waals surface area contributed by atoms with Gasteiger partial charge in [0.2, 0.25) is 21.9 Å². The van der Waals surface area contributed by atoms with Crippen molar-refractivity contribution in [1.29, 1.82) is 0 Å². The lowest BCUT2D eigenvalue weighted by molar-refractivity contribution is 0.398. The normalized spacial score (nSPS) is 13.1. The number of nitrogens with zero attached hydrogens (tertiary/aromatic N) is 6. The molecular formula is C22H23FN8O5S. The number of rotatable bonds is 9. The molecule has 4 rings (SSSR count). The van der Waals surface area contributed by atoms with Gasteiger partial charge in [0.05, 0.1) is 31.9 Å². The van der Waals surface area contributed by atoms with E-state index in [1.165, 1.54) is 38.0 Å². The fourth-order valence-electron chi connectivity index (χ4n) is 3.47. The fraction of sp³-hybridized carbons (Fsp3) is 0.273. The Morgan fingerprint density at radius 1 is 1.08 bits per heavy atom. The molecule has 0 spiro atoms. The zero-order valence-corrected chi connectivity index (χ0v) is 21.0. The van der Waals surface area contributed by atoms with Crippen LogP contribution in [0.4, 0.5) is 10.3 Å². The third-order valence-electron chi connectivity index (χ3n) is 5.64. The molecule has 0 amide bonds. The van der Waals surface area contributed by atoms with Crippen molar-refractivity contribution in [3.63, 3.8) is 0 Å². The van der Waals surface area contributed by atoms with Gasteiger partial charge in [-0.15, -0.1) is 10.2 Å². The van der Waals surface area contributed by atoms with Crippen molar-refractivity contribution in [3.8, 4) is 28.8 Å². The number of ether oxygens (including phenoxy) is 2. The van der Waals surface area contributed by atoms with Crippen molar-refractivity contribution in [2.45, 2.75) is 25.0 Å². The van der Waals surface area contributed by atoms with Gasteiger partial charge in [0, 0.05) is 18.2 Å². The van der Waals surface area contributed by atoms with Gasteiger partial charge in [-0.3, -0.25) is 14.1 Å². The van der Waals surface area contributed by atoms with Crippen LogP contribution in [-0.2, 0) is 10.0 Å². The van der Waals surface area contributed by atoms with E-state index in [2.05, 4.69) is 34.9 Å². The summed E-state index contributed by atoms with van der Waals surface area (Å²) in [4.78, 5) is 27.5. The molecule has 4 aromatic heterocycles. The Morgan fingerprint density at radius 3 is 2.49 bits per heavy atom. The number of anilines is 1. The molecular weight excluding hydrogens is 507 g/mol. The van der Waals surface area contributed by atoms with E-state index in [4.69, 9.17) is 9.47 Å². The lowest BCUT2D eigenvalue weighted by Crippen LogP contribution is -2.32. The minimum atomic E-state index is -4.16. The Balaban J connectivity index is 1.82. The molecule has 37 heavy (non-hydrogen) atoms. The highest BCUT2D eigenvalue weighted by Crippen LogP contribution is 2.30. The maximum atomic E-state index is 13.4. The third-order valence-corrected chi connectivity index (χ3v) is 7.49. The number of aromatic nitrogens is 7. The molecule has 2 N–H and O–H groups in total. The second-order valence-electron chi connectivity index (χ2n) is 7.87. The molecule has 0 aromatic carbocycles. The van der Waals surface area contributed by atoms with E-state index < -0.39 is 32.6 Å². The van der Waals surface area contributed by atoms with E-state index in [-0.39, 0.29) is 40.6 Å². The minimum Gasteiger partial charge on any atom is -0.494 e. The van der Waals surface area contributed by atoms with E-state index in [0.29, 0.717) is 0 Å². The zero-order chi connectivity index (χ0) is 26.7. The average molecular weight is 531 g/mol. The minimum absolute atomic E-state index is 0.0502. The van der Waals surface area contributed by atoms with E-state index in [1.54, 1.807) is 25.1 Å². The monoisotopic (exact) mass is 530 g/mol. The second-order valence-corrected chi connectivity index (χ2v) is 9.91. The van der Waals surface area contributed by atoms with Crippen molar-refractivity contribution < 1.29 is 22.3 Å². The number of halogens is 1. The number of aromatic amines is 1. The smallest absolute Gasteiger partial charge is 0.276 e. The van der Waals surface area contributed by atoms with Crippen molar-refractivity contribution in [3.05, 3.63) is 64.9 Å². The summed E-state index contributed by atoms with van der Waals surface area (Å²) < 4.78 is 54.1. The molecule has 0 aliphatic heterocycles. The van der Waals surface area contributed by atoms with Crippen LogP contribution in [0.1, 0.15) is 25.6 Å². The summed E-state index contributed by atoms with van der Waals surface area (Å²) in [5.41, 5.74) is -0.413. The number of H-pyrrole nitrogens is 1. The molecule has 0 fully saturated rings. The van der Waals surface area contributed by atoms with Gasteiger partial charge in [0.25, 0.3) is 5.56 Å². The first-order valence-corrected chi connectivity index (χ1v) is 12.4. The lowest BCUT2D eigenvalue weighted by atomic mass is 10.1. The molecule has 15 heteroatoms. The molecule has 0 saturated carbocycles. The summed E-state index contributed by atoms with van der Waals surface area (Å²) in [6, 6.07) is 6.36. The first kappa shape index (κ1) is 25.7. The Bertz CT molecular complexity index is 1570. The molecule has 4 heterocycles. The van der Waals surface area contributed by atoms with E-state index in [1.807, 2.05) is 0 Å². The summed E-state index contributed by atoms with van der Waals surface area (Å²) in [5, 5.41) is 7.02. The van der Waals surface area contributed by atoms with Crippen LogP contribution in [0.5, 0.6) is 11.6 Å². The Morgan fingerprint density at radius 2 is 1.81 bits per heavy atom. The van der Waals surface area contributed by atoms with Gasteiger partial charge in [-0.1, -0.05) is 13.0 Å². The van der Waals surface area contributed by atoms with Crippen LogP contribution in [0.3, 0.4) is 0 Å². The van der Waals surface area contributed by atoms with Gasteiger partial charge in [-0.25, -0.2) is 27.8 Å². The summed E-state index contributed by atoms with van der Waals surface area (Å²) >= 11 is 0. The number of pyridine rings is 2. The molecule has 2 atom stereocenters. The van der Waals surface area contributed by atoms with Gasteiger partial charge in [0.15, 0.2) is 17.3 Å². The van der Waals surface area contributed by atoms with Crippen LogP contribution in [0.2, 0.25) is 0 Å². The van der Waals surface area contributed by atoms with Crippen molar-refractivity contribution in [2.75, 3.05) is 18.9 Å². The average Bonchev–Trinajstić information content (AvgIpc) is 3.30. The number of hydrogen-bond donors (Lipinski definition) is 2. The molecule has 0 bridgehead atoms. The third kappa shape index (κ3) is 5.11. The van der Waals surface area contributed by atoms with Crippen LogP contribution < -0.4 is 19.8 Å². The SMILES string of the molecule is COc1cccc(-c2nnc(NS(=O)(=O)C(C)C(C)c3ncc(F)cn3)n2-c2c(OC)cc[nH]c2=O)n1. The van der Waals surface area contributed by atoms with Crippen molar-refractivity contribution >= 4 is 16.0 Å². The molecule has 4 aromatic rings. The number of methoxy groups -OCH3 is 2. The molecule has 0 aliphatic carbocycles. The van der Waals surface area contributed by atoms with Crippen molar-refractivity contribution in [2.24, 2.45) is 0 Å². The lowest BCUT2D eigenvalue weighted by Gasteiger charge is -2.20. The Labute approximate surface area is 210 Å². The quantitative estimate of drug-likeness (QED) is 0.326. The van der Waals surface area contributed by atoms with Gasteiger partial charge >= 0.3 is 0 Å². The van der Waals surface area contributed by atoms with Gasteiger partial charge in [-0.2, -0.15) is 0 Å².